The Balaban J connectivity index is 3.90. The number of rotatable bonds is 8. The first-order chi connectivity index (χ1) is 8.12. The van der Waals surface area contributed by atoms with Crippen molar-refractivity contribution < 1.29 is 32.6 Å². The average Bonchev–Trinajstić information content (AvgIpc) is 2.11. The Kier molecular flexibility index (Phi) is 7.90. The van der Waals surface area contributed by atoms with Crippen molar-refractivity contribution in [1.82, 2.24) is 0 Å². The molecule has 0 saturated heterocycles. The van der Waals surface area contributed by atoms with Crippen molar-refractivity contribution in [3.8, 4) is 0 Å². The maximum Gasteiger partial charge on any atom is 0.272 e. The molecule has 0 radical (unpaired) electrons. The van der Waals surface area contributed by atoms with Gasteiger partial charge in [0, 0.05) is 0 Å². The number of phosphoric ester groups is 1. The Morgan fingerprint density at radius 1 is 1.11 bits per heavy atom. The van der Waals surface area contributed by atoms with Crippen LogP contribution in [0.25, 0.3) is 0 Å². The minimum absolute atomic E-state index is 0.379. The summed E-state index contributed by atoms with van der Waals surface area (Å²) in [5.41, 5.74) is 1.18. The number of unbranched alkanes of at least 4 members (excludes halogenated alkanes) is 1. The van der Waals surface area contributed by atoms with E-state index in [1.807, 2.05) is 19.9 Å². The van der Waals surface area contributed by atoms with Crippen LogP contribution < -0.4 is 14.7 Å². The molecule has 106 valence electrons. The third-order valence-corrected chi connectivity index (χ3v) is 3.65. The topological polar surface area (TPSA) is 122 Å². The van der Waals surface area contributed by atoms with Crippen LogP contribution in [0.4, 0.5) is 0 Å². The number of phosphoric acid groups is 2. The van der Waals surface area contributed by atoms with Gasteiger partial charge in [0.05, 0.1) is 14.4 Å². The number of allylic oxidation sites excluding steroid dienone is 3. The van der Waals surface area contributed by atoms with E-state index < -0.39 is 15.6 Å². The monoisotopic (exact) mass is 297 g/mol. The lowest BCUT2D eigenvalue weighted by Crippen LogP contribution is -2.19. The predicted molar refractivity (Wildman–Crippen MR) is 60.1 cm³/mol. The fourth-order valence-corrected chi connectivity index (χ4v) is 2.37. The molecule has 0 aromatic rings. The lowest BCUT2D eigenvalue weighted by Gasteiger charge is -2.34. The Bertz CT molecular complexity index is 392. The molecule has 0 aliphatic carbocycles. The molecule has 0 aromatic carbocycles. The summed E-state index contributed by atoms with van der Waals surface area (Å²) in [6, 6.07) is 0. The summed E-state index contributed by atoms with van der Waals surface area (Å²) in [5.74, 6) is 0. The van der Waals surface area contributed by atoms with Crippen molar-refractivity contribution in [2.75, 3.05) is 6.61 Å². The van der Waals surface area contributed by atoms with Gasteiger partial charge in [-0.3, -0.25) is 8.88 Å². The predicted octanol–water partition coefficient (Wildman–Crippen LogP) is 0.619. The minimum Gasteiger partial charge on any atom is -0.790 e. The summed E-state index contributed by atoms with van der Waals surface area (Å²) < 4.78 is 28.2. The zero-order valence-electron chi connectivity index (χ0n) is 10.1. The lowest BCUT2D eigenvalue weighted by atomic mass is 10.2. The zero-order valence-corrected chi connectivity index (χ0v) is 11.9. The highest BCUT2D eigenvalue weighted by Crippen LogP contribution is 2.50. The molecule has 0 aliphatic heterocycles. The maximum atomic E-state index is 10.8. The van der Waals surface area contributed by atoms with Crippen LogP contribution in [0, 0.1) is 0 Å². The van der Waals surface area contributed by atoms with Crippen LogP contribution in [0.2, 0.25) is 0 Å². The van der Waals surface area contributed by atoms with Crippen LogP contribution in [-0.2, 0) is 18.0 Å². The largest absolute Gasteiger partial charge is 0.790 e. The van der Waals surface area contributed by atoms with Crippen molar-refractivity contribution >= 4 is 15.6 Å². The minimum atomic E-state index is -5.60. The summed E-state index contributed by atoms with van der Waals surface area (Å²) in [7, 11) is -10.7. The molecule has 0 fully saturated rings. The fourth-order valence-electron chi connectivity index (χ4n) is 0.934. The van der Waals surface area contributed by atoms with Crippen LogP contribution in [0.3, 0.4) is 0 Å². The SMILES string of the molecule is CC(C)=CCCC=CCOP(=O)([O-])OP(=O)([O-])[O-]. The molecule has 7 nitrogen and oxygen atoms in total. The molecule has 1 atom stereocenters. The van der Waals surface area contributed by atoms with E-state index in [4.69, 9.17) is 0 Å². The highest BCUT2D eigenvalue weighted by atomic mass is 31.3. The molecule has 0 heterocycles. The van der Waals surface area contributed by atoms with Gasteiger partial charge in [0.15, 0.2) is 0 Å². The Labute approximate surface area is 106 Å². The molecular formula is C9H15O7P2-3. The number of hydrogen-bond donors (Lipinski definition) is 0. The molecule has 0 aliphatic rings. The summed E-state index contributed by atoms with van der Waals surface area (Å²) >= 11 is 0. The molecule has 0 aromatic heterocycles. The van der Waals surface area contributed by atoms with Crippen molar-refractivity contribution in [3.63, 3.8) is 0 Å². The smallest absolute Gasteiger partial charge is 0.272 e. The standard InChI is InChI=1S/C9H18O7P2/c1-9(2)7-5-3-4-6-8-15-18(13,14)16-17(10,11)12/h4,6-7H,3,5,8H2,1-2H3,(H,13,14)(H2,10,11,12)/p-3. The van der Waals surface area contributed by atoms with E-state index in [1.165, 1.54) is 11.6 Å². The van der Waals surface area contributed by atoms with Gasteiger partial charge in [0.1, 0.15) is 0 Å². The third-order valence-electron chi connectivity index (χ3n) is 1.58. The molecule has 0 amide bonds. The van der Waals surface area contributed by atoms with E-state index >= 15 is 0 Å². The molecule has 0 bridgehead atoms. The molecular weight excluding hydrogens is 282 g/mol. The van der Waals surface area contributed by atoms with E-state index in [0.29, 0.717) is 6.42 Å². The van der Waals surface area contributed by atoms with E-state index in [-0.39, 0.29) is 6.61 Å². The van der Waals surface area contributed by atoms with Gasteiger partial charge >= 0.3 is 0 Å². The zero-order chi connectivity index (χ0) is 14.2. The van der Waals surface area contributed by atoms with Crippen molar-refractivity contribution in [2.45, 2.75) is 26.7 Å². The first kappa shape index (κ1) is 17.7. The third kappa shape index (κ3) is 12.2. The molecule has 0 saturated carbocycles. The normalized spacial score (nSPS) is 15.6. The summed E-state index contributed by atoms with van der Waals surface area (Å²) in [5, 5.41) is 0. The first-order valence-corrected chi connectivity index (χ1v) is 8.02. The average molecular weight is 297 g/mol. The molecule has 1 unspecified atom stereocenters. The van der Waals surface area contributed by atoms with Crippen molar-refractivity contribution in [3.05, 3.63) is 23.8 Å². The van der Waals surface area contributed by atoms with Gasteiger partial charge in [-0.25, -0.2) is 0 Å². The van der Waals surface area contributed by atoms with Crippen LogP contribution in [-0.4, -0.2) is 6.61 Å². The molecule has 9 heteroatoms. The lowest BCUT2D eigenvalue weighted by molar-refractivity contribution is -0.339. The highest BCUT2D eigenvalue weighted by Gasteiger charge is 2.10. The highest BCUT2D eigenvalue weighted by molar-refractivity contribution is 7.58. The quantitative estimate of drug-likeness (QED) is 0.365. The molecule has 0 spiro atoms. The van der Waals surface area contributed by atoms with Gasteiger partial charge in [-0.15, -0.1) is 0 Å². The van der Waals surface area contributed by atoms with Crippen LogP contribution >= 0.6 is 15.6 Å². The summed E-state index contributed by atoms with van der Waals surface area (Å²) in [6.07, 6.45) is 6.58. The number of hydrogen-bond acceptors (Lipinski definition) is 7. The van der Waals surface area contributed by atoms with Gasteiger partial charge in [-0.1, -0.05) is 23.8 Å². The van der Waals surface area contributed by atoms with Gasteiger partial charge in [0.25, 0.3) is 7.82 Å². The van der Waals surface area contributed by atoms with E-state index in [2.05, 4.69) is 8.83 Å². The second-order valence-electron chi connectivity index (χ2n) is 3.60. The maximum absolute atomic E-state index is 10.8. The molecule has 18 heavy (non-hydrogen) atoms. The van der Waals surface area contributed by atoms with Crippen LogP contribution in [0.1, 0.15) is 26.7 Å². The first-order valence-electron chi connectivity index (χ1n) is 5.10. The van der Waals surface area contributed by atoms with E-state index in [0.717, 1.165) is 6.42 Å². The Morgan fingerprint density at radius 2 is 1.72 bits per heavy atom. The van der Waals surface area contributed by atoms with Crippen molar-refractivity contribution in [2.24, 2.45) is 0 Å². The van der Waals surface area contributed by atoms with Gasteiger partial charge in [-0.05, 0) is 26.7 Å². The van der Waals surface area contributed by atoms with Crippen LogP contribution in [0.15, 0.2) is 23.8 Å². The molecule has 0 N–H and O–H groups in total. The summed E-state index contributed by atoms with van der Waals surface area (Å²) in [4.78, 5) is 30.9. The van der Waals surface area contributed by atoms with E-state index in [1.54, 1.807) is 6.08 Å². The van der Waals surface area contributed by atoms with E-state index in [9.17, 15) is 23.8 Å². The van der Waals surface area contributed by atoms with Gasteiger partial charge in [-0.2, -0.15) is 0 Å². The van der Waals surface area contributed by atoms with Crippen LogP contribution in [0.5, 0.6) is 0 Å². The second-order valence-corrected chi connectivity index (χ2v) is 6.30. The Morgan fingerprint density at radius 3 is 2.22 bits per heavy atom. The fraction of sp³-hybridized carbons (Fsp3) is 0.556. The Hall–Kier alpha value is -0.260. The van der Waals surface area contributed by atoms with Gasteiger partial charge < -0.3 is 23.8 Å². The van der Waals surface area contributed by atoms with Crippen molar-refractivity contribution in [1.29, 1.82) is 0 Å². The summed E-state index contributed by atoms with van der Waals surface area (Å²) in [6.45, 7) is 3.54. The van der Waals surface area contributed by atoms with Gasteiger partial charge in [0.2, 0.25) is 0 Å². The molecule has 0 rings (SSSR count). The second kappa shape index (κ2) is 8.02.